The zero-order valence-corrected chi connectivity index (χ0v) is 19.9. The second-order valence-electron chi connectivity index (χ2n) is 9.19. The Bertz CT molecular complexity index is 963. The van der Waals surface area contributed by atoms with Gasteiger partial charge in [0.1, 0.15) is 11.4 Å². The van der Waals surface area contributed by atoms with Gasteiger partial charge in [0.05, 0.1) is 40.7 Å². The Hall–Kier alpha value is -2.59. The van der Waals surface area contributed by atoms with E-state index in [1.54, 1.807) is 27.7 Å². The first kappa shape index (κ1) is 25.0. The normalized spacial score (nSPS) is 20.5. The fraction of sp³-hybridized carbons (Fsp3) is 0.591. The molecule has 1 aromatic rings. The number of hydrogen-bond donors (Lipinski definition) is 2. The third kappa shape index (κ3) is 5.16. The third-order valence-electron chi connectivity index (χ3n) is 5.50. The van der Waals surface area contributed by atoms with Gasteiger partial charge >= 0.3 is 18.0 Å². The number of carbonyl (C=O) groups excluding carboxylic acids is 3. The maximum Gasteiger partial charge on any atom is 0.340 e. The molecule has 0 spiro atoms. The molecule has 2 amide bonds. The predicted octanol–water partition coefficient (Wildman–Crippen LogP) is 3.16. The summed E-state index contributed by atoms with van der Waals surface area (Å²) in [6, 6.07) is -0.103. The molecule has 1 heterocycles. The van der Waals surface area contributed by atoms with Crippen LogP contribution >= 0.6 is 11.6 Å². The molecule has 9 nitrogen and oxygen atoms in total. The molecule has 1 saturated heterocycles. The summed E-state index contributed by atoms with van der Waals surface area (Å²) in [6.07, 6.45) is 0.732. The number of halogens is 2. The van der Waals surface area contributed by atoms with Gasteiger partial charge in [-0.1, -0.05) is 11.6 Å². The average molecular weight is 485 g/mol. The number of nitrogens with two attached hydrogens (primary N) is 2. The van der Waals surface area contributed by atoms with Gasteiger partial charge in [-0.25, -0.2) is 14.0 Å². The van der Waals surface area contributed by atoms with Crippen molar-refractivity contribution in [3.63, 3.8) is 0 Å². The SMILES string of the molecule is CCOC(=O)c1cc(F)c(N2CCC(C(=O)OC(C)(C)C)C2N)c(Cl)c1N(C(N)=O)C1CC1. The van der Waals surface area contributed by atoms with E-state index in [2.05, 4.69) is 0 Å². The highest BCUT2D eigenvalue weighted by Crippen LogP contribution is 2.46. The minimum absolute atomic E-state index is 0.0190. The molecule has 1 aromatic carbocycles. The summed E-state index contributed by atoms with van der Waals surface area (Å²) in [5, 5.41) is -0.191. The lowest BCUT2D eigenvalue weighted by atomic mass is 10.1. The van der Waals surface area contributed by atoms with Gasteiger partial charge in [-0.15, -0.1) is 0 Å². The Labute approximate surface area is 197 Å². The molecule has 2 aliphatic rings. The summed E-state index contributed by atoms with van der Waals surface area (Å²) in [6.45, 7) is 7.12. The molecule has 182 valence electrons. The second kappa shape index (κ2) is 9.34. The maximum atomic E-state index is 15.4. The number of benzene rings is 1. The first-order valence-electron chi connectivity index (χ1n) is 10.9. The van der Waals surface area contributed by atoms with Gasteiger partial charge in [0.2, 0.25) is 0 Å². The Balaban J connectivity index is 2.06. The summed E-state index contributed by atoms with van der Waals surface area (Å²) in [4.78, 5) is 40.1. The van der Waals surface area contributed by atoms with E-state index in [4.69, 9.17) is 32.5 Å². The molecule has 1 aliphatic heterocycles. The number of urea groups is 1. The summed E-state index contributed by atoms with van der Waals surface area (Å²) < 4.78 is 25.8. The number of hydrogen-bond acceptors (Lipinski definition) is 7. The highest BCUT2D eigenvalue weighted by molar-refractivity contribution is 6.37. The predicted molar refractivity (Wildman–Crippen MR) is 122 cm³/mol. The highest BCUT2D eigenvalue weighted by atomic mass is 35.5. The quantitative estimate of drug-likeness (QED) is 0.593. The fourth-order valence-corrected chi connectivity index (χ4v) is 4.37. The van der Waals surface area contributed by atoms with Crippen LogP contribution in [-0.4, -0.2) is 48.9 Å². The minimum Gasteiger partial charge on any atom is -0.462 e. The van der Waals surface area contributed by atoms with Crippen LogP contribution in [0.2, 0.25) is 5.02 Å². The van der Waals surface area contributed by atoms with Crippen molar-refractivity contribution in [2.45, 2.75) is 64.8 Å². The third-order valence-corrected chi connectivity index (χ3v) is 5.86. The highest BCUT2D eigenvalue weighted by Gasteiger charge is 2.43. The van der Waals surface area contributed by atoms with Crippen LogP contribution in [0.5, 0.6) is 0 Å². The fourth-order valence-electron chi connectivity index (χ4n) is 3.98. The van der Waals surface area contributed by atoms with Crippen LogP contribution in [0.25, 0.3) is 0 Å². The van der Waals surface area contributed by atoms with Gasteiger partial charge in [-0.05, 0) is 53.0 Å². The lowest BCUT2D eigenvalue weighted by Crippen LogP contribution is -2.45. The van der Waals surface area contributed by atoms with Crippen LogP contribution in [0.3, 0.4) is 0 Å². The van der Waals surface area contributed by atoms with Gasteiger partial charge in [0.15, 0.2) is 0 Å². The van der Waals surface area contributed by atoms with Crippen molar-refractivity contribution >= 4 is 40.9 Å². The molecule has 1 saturated carbocycles. The number of ether oxygens (including phenoxy) is 2. The van der Waals surface area contributed by atoms with Crippen LogP contribution in [0.1, 0.15) is 57.3 Å². The van der Waals surface area contributed by atoms with Crippen LogP contribution in [-0.2, 0) is 14.3 Å². The molecule has 33 heavy (non-hydrogen) atoms. The zero-order chi connectivity index (χ0) is 24.7. The van der Waals surface area contributed by atoms with Crippen molar-refractivity contribution < 1.29 is 28.2 Å². The first-order valence-corrected chi connectivity index (χ1v) is 11.3. The molecule has 4 N–H and O–H groups in total. The molecule has 0 aromatic heterocycles. The van der Waals surface area contributed by atoms with Gasteiger partial charge in [0, 0.05) is 12.6 Å². The van der Waals surface area contributed by atoms with E-state index in [-0.39, 0.29) is 41.2 Å². The number of anilines is 2. The number of nitrogens with zero attached hydrogens (tertiary/aromatic N) is 2. The molecule has 3 rings (SSSR count). The monoisotopic (exact) mass is 484 g/mol. The number of rotatable bonds is 6. The Morgan fingerprint density at radius 2 is 1.91 bits per heavy atom. The number of primary amides is 1. The molecule has 2 unspecified atom stereocenters. The molecule has 2 atom stereocenters. The maximum absolute atomic E-state index is 15.4. The number of amides is 2. The lowest BCUT2D eigenvalue weighted by molar-refractivity contribution is -0.160. The first-order chi connectivity index (χ1) is 15.4. The van der Waals surface area contributed by atoms with E-state index < -0.39 is 41.5 Å². The van der Waals surface area contributed by atoms with Gasteiger partial charge in [-0.3, -0.25) is 9.69 Å². The molecule has 1 aliphatic carbocycles. The van der Waals surface area contributed by atoms with Crippen LogP contribution in [0, 0.1) is 11.7 Å². The Morgan fingerprint density at radius 1 is 1.27 bits per heavy atom. The van der Waals surface area contributed by atoms with Crippen molar-refractivity contribution in [1.82, 2.24) is 0 Å². The molecule has 0 radical (unpaired) electrons. The summed E-state index contributed by atoms with van der Waals surface area (Å²) in [5.74, 6) is -2.85. The van der Waals surface area contributed by atoms with E-state index >= 15 is 4.39 Å². The Morgan fingerprint density at radius 3 is 2.42 bits per heavy atom. The standard InChI is InChI=1S/C22H30ClFN4O5/c1-5-32-19(29)13-10-14(24)17(15(23)16(13)28(21(26)31)11-6-7-11)27-9-8-12(18(27)25)20(30)33-22(2,3)4/h10-12,18H,5-9,25H2,1-4H3,(H2,26,31). The van der Waals surface area contributed by atoms with Gasteiger partial charge < -0.3 is 25.8 Å². The smallest absolute Gasteiger partial charge is 0.340 e. The van der Waals surface area contributed by atoms with Crippen molar-refractivity contribution in [1.29, 1.82) is 0 Å². The summed E-state index contributed by atoms with van der Waals surface area (Å²) >= 11 is 6.64. The van der Waals surface area contributed by atoms with Crippen molar-refractivity contribution in [3.8, 4) is 0 Å². The number of esters is 2. The van der Waals surface area contributed by atoms with Crippen molar-refractivity contribution in [3.05, 3.63) is 22.5 Å². The van der Waals surface area contributed by atoms with Crippen LogP contribution in [0.4, 0.5) is 20.6 Å². The Kier molecular flexibility index (Phi) is 7.09. The average Bonchev–Trinajstić information content (AvgIpc) is 3.44. The van der Waals surface area contributed by atoms with E-state index in [9.17, 15) is 14.4 Å². The van der Waals surface area contributed by atoms with Gasteiger partial charge in [0.25, 0.3) is 0 Å². The van der Waals surface area contributed by atoms with E-state index in [0.717, 1.165) is 6.07 Å². The zero-order valence-electron chi connectivity index (χ0n) is 19.2. The molecular weight excluding hydrogens is 455 g/mol. The number of carbonyl (C=O) groups is 3. The topological polar surface area (TPSA) is 128 Å². The van der Waals surface area contributed by atoms with Crippen molar-refractivity contribution in [2.75, 3.05) is 23.0 Å². The summed E-state index contributed by atoms with van der Waals surface area (Å²) in [5.41, 5.74) is 10.9. The van der Waals surface area contributed by atoms with Crippen molar-refractivity contribution in [2.24, 2.45) is 17.4 Å². The summed E-state index contributed by atoms with van der Waals surface area (Å²) in [7, 11) is 0. The molecular formula is C22H30ClFN4O5. The van der Waals surface area contributed by atoms with Crippen LogP contribution in [0.15, 0.2) is 6.07 Å². The van der Waals surface area contributed by atoms with Gasteiger partial charge in [-0.2, -0.15) is 0 Å². The largest absolute Gasteiger partial charge is 0.462 e. The minimum atomic E-state index is -0.920. The second-order valence-corrected chi connectivity index (χ2v) is 9.57. The van der Waals surface area contributed by atoms with E-state index in [1.807, 2.05) is 0 Å². The van der Waals surface area contributed by atoms with Crippen LogP contribution < -0.4 is 21.3 Å². The molecule has 2 fully saturated rings. The molecule has 11 heteroatoms. The van der Waals surface area contributed by atoms with E-state index in [1.165, 1.54) is 9.80 Å². The molecule has 0 bridgehead atoms. The van der Waals surface area contributed by atoms with E-state index in [0.29, 0.717) is 19.3 Å². The lowest BCUT2D eigenvalue weighted by Gasteiger charge is -2.31.